The number of carbonyl (C=O) groups is 1. The number of aromatic hydroxyl groups is 1. The van der Waals surface area contributed by atoms with E-state index in [1.165, 1.54) is 18.2 Å². The second-order valence-corrected chi connectivity index (χ2v) is 4.28. The summed E-state index contributed by atoms with van der Waals surface area (Å²) in [6.07, 6.45) is 2.95. The topological polar surface area (TPSA) is 83.7 Å². The summed E-state index contributed by atoms with van der Waals surface area (Å²) in [5, 5.41) is 20.5. The molecule has 0 saturated carbocycles. The first-order valence-electron chi connectivity index (χ1n) is 5.87. The Kier molecular flexibility index (Phi) is 3.45. The molecule has 1 aromatic rings. The number of likely N-dealkylation sites (tertiary alicyclic amines) is 1. The van der Waals surface area contributed by atoms with E-state index in [-0.39, 0.29) is 11.5 Å². The first-order chi connectivity index (χ1) is 8.61. The SMILES string of the molecule is O=C(c1cccc([N+](=O)[O-])c1O)N1CCCCC1. The van der Waals surface area contributed by atoms with Crippen LogP contribution in [0, 0.1) is 10.1 Å². The van der Waals surface area contributed by atoms with E-state index in [0.717, 1.165) is 19.3 Å². The average molecular weight is 250 g/mol. The van der Waals surface area contributed by atoms with Gasteiger partial charge in [-0.15, -0.1) is 0 Å². The van der Waals surface area contributed by atoms with Crippen LogP contribution in [-0.2, 0) is 0 Å². The van der Waals surface area contributed by atoms with Gasteiger partial charge < -0.3 is 10.0 Å². The number of hydrogen-bond donors (Lipinski definition) is 1. The Morgan fingerprint density at radius 3 is 2.56 bits per heavy atom. The maximum Gasteiger partial charge on any atom is 0.311 e. The molecule has 1 fully saturated rings. The van der Waals surface area contributed by atoms with Gasteiger partial charge in [0.25, 0.3) is 5.91 Å². The summed E-state index contributed by atoms with van der Waals surface area (Å²) in [5.41, 5.74) is -0.427. The Bertz CT molecular complexity index is 481. The molecule has 0 unspecified atom stereocenters. The third-order valence-electron chi connectivity index (χ3n) is 3.09. The van der Waals surface area contributed by atoms with Crippen molar-refractivity contribution in [1.82, 2.24) is 4.90 Å². The Morgan fingerprint density at radius 2 is 1.94 bits per heavy atom. The molecule has 0 aromatic heterocycles. The van der Waals surface area contributed by atoms with Gasteiger partial charge in [0.1, 0.15) is 0 Å². The molecular weight excluding hydrogens is 236 g/mol. The zero-order valence-corrected chi connectivity index (χ0v) is 9.83. The fourth-order valence-corrected chi connectivity index (χ4v) is 2.12. The largest absolute Gasteiger partial charge is 0.502 e. The molecule has 1 amide bonds. The minimum atomic E-state index is -0.692. The molecule has 1 heterocycles. The lowest BCUT2D eigenvalue weighted by Gasteiger charge is -2.26. The van der Waals surface area contributed by atoms with Crippen molar-refractivity contribution in [2.24, 2.45) is 0 Å². The number of hydrogen-bond acceptors (Lipinski definition) is 4. The minimum absolute atomic E-state index is 0.00565. The molecule has 6 heteroatoms. The van der Waals surface area contributed by atoms with E-state index < -0.39 is 16.4 Å². The van der Waals surface area contributed by atoms with Crippen LogP contribution in [0.25, 0.3) is 0 Å². The minimum Gasteiger partial charge on any atom is -0.502 e. The lowest BCUT2D eigenvalue weighted by molar-refractivity contribution is -0.385. The van der Waals surface area contributed by atoms with Crippen molar-refractivity contribution in [3.8, 4) is 5.75 Å². The van der Waals surface area contributed by atoms with E-state index in [1.807, 2.05) is 0 Å². The van der Waals surface area contributed by atoms with Crippen LogP contribution in [0.15, 0.2) is 18.2 Å². The van der Waals surface area contributed by atoms with Crippen LogP contribution < -0.4 is 0 Å². The highest BCUT2D eigenvalue weighted by atomic mass is 16.6. The average Bonchev–Trinajstić information content (AvgIpc) is 2.39. The molecule has 0 spiro atoms. The summed E-state index contributed by atoms with van der Waals surface area (Å²) in [7, 11) is 0. The summed E-state index contributed by atoms with van der Waals surface area (Å²) in [6.45, 7) is 1.28. The molecule has 1 aromatic carbocycles. The second kappa shape index (κ2) is 5.03. The molecular formula is C12H14N2O4. The van der Waals surface area contributed by atoms with E-state index in [0.29, 0.717) is 13.1 Å². The van der Waals surface area contributed by atoms with E-state index in [4.69, 9.17) is 0 Å². The van der Waals surface area contributed by atoms with Gasteiger partial charge in [0.05, 0.1) is 10.5 Å². The molecule has 18 heavy (non-hydrogen) atoms. The number of phenols is 1. The number of para-hydroxylation sites is 1. The fourth-order valence-electron chi connectivity index (χ4n) is 2.12. The summed E-state index contributed by atoms with van der Waals surface area (Å²) in [4.78, 5) is 23.8. The van der Waals surface area contributed by atoms with Gasteiger partial charge in [-0.1, -0.05) is 6.07 Å². The molecule has 0 radical (unpaired) electrons. The monoisotopic (exact) mass is 250 g/mol. The summed E-state index contributed by atoms with van der Waals surface area (Å²) in [5.74, 6) is -0.881. The zero-order valence-electron chi connectivity index (χ0n) is 9.83. The smallest absolute Gasteiger partial charge is 0.311 e. The summed E-state index contributed by atoms with van der Waals surface area (Å²) >= 11 is 0. The number of nitrogens with zero attached hydrogens (tertiary/aromatic N) is 2. The highest BCUT2D eigenvalue weighted by Crippen LogP contribution is 2.30. The van der Waals surface area contributed by atoms with Gasteiger partial charge in [-0.05, 0) is 25.3 Å². The molecule has 0 aliphatic carbocycles. The summed E-state index contributed by atoms with van der Waals surface area (Å²) < 4.78 is 0. The van der Waals surface area contributed by atoms with Crippen molar-refractivity contribution >= 4 is 11.6 Å². The maximum atomic E-state index is 12.1. The lowest BCUT2D eigenvalue weighted by atomic mass is 10.1. The van der Waals surface area contributed by atoms with Crippen LogP contribution in [0.1, 0.15) is 29.6 Å². The third-order valence-corrected chi connectivity index (χ3v) is 3.09. The Morgan fingerprint density at radius 1 is 1.28 bits per heavy atom. The molecule has 96 valence electrons. The Hall–Kier alpha value is -2.11. The van der Waals surface area contributed by atoms with Crippen molar-refractivity contribution in [3.05, 3.63) is 33.9 Å². The molecule has 1 N–H and O–H groups in total. The van der Waals surface area contributed by atoms with Crippen LogP contribution in [0.5, 0.6) is 5.75 Å². The molecule has 2 rings (SSSR count). The van der Waals surface area contributed by atoms with E-state index >= 15 is 0 Å². The van der Waals surface area contributed by atoms with Crippen LogP contribution in [0.3, 0.4) is 0 Å². The van der Waals surface area contributed by atoms with Crippen molar-refractivity contribution in [2.75, 3.05) is 13.1 Å². The van der Waals surface area contributed by atoms with E-state index in [1.54, 1.807) is 4.90 Å². The number of rotatable bonds is 2. The van der Waals surface area contributed by atoms with Crippen molar-refractivity contribution in [3.63, 3.8) is 0 Å². The molecule has 0 atom stereocenters. The van der Waals surface area contributed by atoms with Crippen LogP contribution in [-0.4, -0.2) is 33.9 Å². The molecule has 1 saturated heterocycles. The predicted molar refractivity (Wildman–Crippen MR) is 64.5 cm³/mol. The highest BCUT2D eigenvalue weighted by Gasteiger charge is 2.25. The fraction of sp³-hybridized carbons (Fsp3) is 0.417. The molecule has 0 bridgehead atoms. The van der Waals surface area contributed by atoms with Crippen LogP contribution >= 0.6 is 0 Å². The van der Waals surface area contributed by atoms with Gasteiger partial charge in [0.15, 0.2) is 0 Å². The van der Waals surface area contributed by atoms with Crippen LogP contribution in [0.2, 0.25) is 0 Å². The Balaban J connectivity index is 2.30. The van der Waals surface area contributed by atoms with Crippen molar-refractivity contribution in [1.29, 1.82) is 0 Å². The zero-order chi connectivity index (χ0) is 13.1. The van der Waals surface area contributed by atoms with E-state index in [2.05, 4.69) is 0 Å². The first kappa shape index (κ1) is 12.3. The number of amides is 1. The van der Waals surface area contributed by atoms with Gasteiger partial charge in [0, 0.05) is 19.2 Å². The van der Waals surface area contributed by atoms with Gasteiger partial charge in [-0.3, -0.25) is 14.9 Å². The Labute approximate surface area is 104 Å². The van der Waals surface area contributed by atoms with Crippen molar-refractivity contribution < 1.29 is 14.8 Å². The number of benzene rings is 1. The van der Waals surface area contributed by atoms with Crippen LogP contribution in [0.4, 0.5) is 5.69 Å². The summed E-state index contributed by atoms with van der Waals surface area (Å²) in [6, 6.07) is 4.01. The first-order valence-corrected chi connectivity index (χ1v) is 5.87. The lowest BCUT2D eigenvalue weighted by Crippen LogP contribution is -2.35. The number of nitro benzene ring substituents is 1. The molecule has 1 aliphatic rings. The predicted octanol–water partition coefficient (Wildman–Crippen LogP) is 1.93. The number of carbonyl (C=O) groups excluding carboxylic acids is 1. The van der Waals surface area contributed by atoms with Crippen molar-refractivity contribution in [2.45, 2.75) is 19.3 Å². The number of piperidine rings is 1. The van der Waals surface area contributed by atoms with Gasteiger partial charge >= 0.3 is 5.69 Å². The van der Waals surface area contributed by atoms with Gasteiger partial charge in [0.2, 0.25) is 5.75 Å². The highest BCUT2D eigenvalue weighted by molar-refractivity contribution is 5.98. The standard InChI is InChI=1S/C12H14N2O4/c15-11-9(5-4-6-10(11)14(17)18)12(16)13-7-2-1-3-8-13/h4-6,15H,1-3,7-8H2. The number of phenolic OH excluding ortho intramolecular Hbond substituents is 1. The van der Waals surface area contributed by atoms with Gasteiger partial charge in [-0.2, -0.15) is 0 Å². The normalized spacial score (nSPS) is 15.4. The van der Waals surface area contributed by atoms with E-state index in [9.17, 15) is 20.0 Å². The quantitative estimate of drug-likeness (QED) is 0.642. The van der Waals surface area contributed by atoms with Gasteiger partial charge in [-0.25, -0.2) is 0 Å². The second-order valence-electron chi connectivity index (χ2n) is 4.28. The number of nitro groups is 1. The molecule has 1 aliphatic heterocycles. The maximum absolute atomic E-state index is 12.1. The molecule has 6 nitrogen and oxygen atoms in total. The third kappa shape index (κ3) is 2.27.